The van der Waals surface area contributed by atoms with Crippen molar-refractivity contribution in [3.63, 3.8) is 0 Å². The van der Waals surface area contributed by atoms with Gasteiger partial charge in [0.2, 0.25) is 0 Å². The molecule has 0 spiro atoms. The summed E-state index contributed by atoms with van der Waals surface area (Å²) in [4.78, 5) is 23.9. The summed E-state index contributed by atoms with van der Waals surface area (Å²) in [5.41, 5.74) is 1.82. The maximum atomic E-state index is 12.3. The summed E-state index contributed by atoms with van der Waals surface area (Å²) in [5, 5.41) is 5.45. The molecule has 1 N–H and O–H groups in total. The van der Waals surface area contributed by atoms with Gasteiger partial charge in [-0.3, -0.25) is 4.79 Å². The Hall–Kier alpha value is -2.85. The van der Waals surface area contributed by atoms with Gasteiger partial charge in [-0.2, -0.15) is 0 Å². The second-order valence-electron chi connectivity index (χ2n) is 5.83. The molecule has 0 radical (unpaired) electrons. The lowest BCUT2D eigenvalue weighted by Crippen LogP contribution is -2.25. The molecule has 132 valence electrons. The first-order valence-electron chi connectivity index (χ1n) is 8.23. The molecule has 0 heterocycles. The van der Waals surface area contributed by atoms with Crippen molar-refractivity contribution in [1.29, 1.82) is 0 Å². The predicted molar refractivity (Wildman–Crippen MR) is 103 cm³/mol. The minimum absolute atomic E-state index is 0.193. The fourth-order valence-electron chi connectivity index (χ4n) is 2.86. The quantitative estimate of drug-likeness (QED) is 0.686. The lowest BCUT2D eigenvalue weighted by atomic mass is 10.0. The van der Waals surface area contributed by atoms with Crippen LogP contribution in [0.15, 0.2) is 60.7 Å². The number of ether oxygens (including phenoxy) is 1. The Morgan fingerprint density at radius 1 is 1.04 bits per heavy atom. The van der Waals surface area contributed by atoms with Crippen molar-refractivity contribution in [2.24, 2.45) is 0 Å². The molecule has 0 bridgehead atoms. The van der Waals surface area contributed by atoms with Gasteiger partial charge in [0.25, 0.3) is 5.91 Å². The van der Waals surface area contributed by atoms with Crippen LogP contribution in [0.1, 0.15) is 26.3 Å². The Kier molecular flexibility index (Phi) is 5.54. The molecule has 0 aromatic heterocycles. The first kappa shape index (κ1) is 18.0. The number of hydrogen-bond donors (Lipinski definition) is 1. The molecule has 0 saturated heterocycles. The Labute approximate surface area is 156 Å². The van der Waals surface area contributed by atoms with Gasteiger partial charge in [-0.25, -0.2) is 4.79 Å². The smallest absolute Gasteiger partial charge is 0.339 e. The average molecular weight is 368 g/mol. The number of halogens is 1. The van der Waals surface area contributed by atoms with E-state index >= 15 is 0 Å². The van der Waals surface area contributed by atoms with E-state index in [1.165, 1.54) is 35.6 Å². The van der Waals surface area contributed by atoms with E-state index in [0.29, 0.717) is 12.1 Å². The lowest BCUT2D eigenvalue weighted by Gasteiger charge is -2.09. The minimum atomic E-state index is -0.530. The zero-order valence-electron chi connectivity index (χ0n) is 14.3. The van der Waals surface area contributed by atoms with Crippen molar-refractivity contribution < 1.29 is 14.3 Å². The topological polar surface area (TPSA) is 55.4 Å². The molecule has 0 unspecified atom stereocenters. The molecule has 0 fully saturated rings. The number of nitrogens with one attached hydrogen (secondary N) is 1. The molecule has 3 rings (SSSR count). The highest BCUT2D eigenvalue weighted by atomic mass is 35.5. The van der Waals surface area contributed by atoms with Crippen molar-refractivity contribution in [3.05, 3.63) is 82.4 Å². The zero-order chi connectivity index (χ0) is 18.5. The van der Waals surface area contributed by atoms with Crippen LogP contribution in [0.2, 0.25) is 5.02 Å². The third-order valence-electron chi connectivity index (χ3n) is 4.20. The summed E-state index contributed by atoms with van der Waals surface area (Å²) >= 11 is 6.06. The second kappa shape index (κ2) is 8.02. The maximum absolute atomic E-state index is 12.3. The van der Waals surface area contributed by atoms with Gasteiger partial charge in [0.1, 0.15) is 0 Å². The summed E-state index contributed by atoms with van der Waals surface area (Å²) in [6.07, 6.45) is 0.723. The van der Waals surface area contributed by atoms with E-state index in [9.17, 15) is 9.59 Å². The molecule has 26 heavy (non-hydrogen) atoms. The van der Waals surface area contributed by atoms with Gasteiger partial charge in [-0.05, 0) is 41.0 Å². The molecular weight excluding hydrogens is 350 g/mol. The maximum Gasteiger partial charge on any atom is 0.339 e. The summed E-state index contributed by atoms with van der Waals surface area (Å²) in [7, 11) is 1.28. The third-order valence-corrected chi connectivity index (χ3v) is 4.51. The first-order valence-corrected chi connectivity index (χ1v) is 8.60. The van der Waals surface area contributed by atoms with Crippen molar-refractivity contribution in [1.82, 2.24) is 5.32 Å². The van der Waals surface area contributed by atoms with Crippen LogP contribution in [0.3, 0.4) is 0 Å². The van der Waals surface area contributed by atoms with Crippen LogP contribution >= 0.6 is 11.6 Å². The Balaban J connectivity index is 1.65. The van der Waals surface area contributed by atoms with E-state index in [1.807, 2.05) is 18.2 Å². The highest BCUT2D eigenvalue weighted by Crippen LogP contribution is 2.20. The van der Waals surface area contributed by atoms with E-state index in [2.05, 4.69) is 34.3 Å². The molecule has 4 nitrogen and oxygen atoms in total. The fraction of sp³-hybridized carbons (Fsp3) is 0.143. The zero-order valence-corrected chi connectivity index (χ0v) is 15.0. The number of carbonyl (C=O) groups excluding carboxylic acids is 2. The molecule has 0 atom stereocenters. The first-order chi connectivity index (χ1) is 12.6. The summed E-state index contributed by atoms with van der Waals surface area (Å²) in [5.74, 6) is -0.763. The largest absolute Gasteiger partial charge is 0.465 e. The summed E-state index contributed by atoms with van der Waals surface area (Å²) in [6.45, 7) is 0.503. The van der Waals surface area contributed by atoms with Crippen LogP contribution in [0.4, 0.5) is 0 Å². The SMILES string of the molecule is COC(=O)c1ccc(C(=O)NCCc2cccc3ccccc23)cc1Cl. The van der Waals surface area contributed by atoms with Crippen molar-refractivity contribution in [3.8, 4) is 0 Å². The van der Waals surface area contributed by atoms with Crippen LogP contribution in [0.25, 0.3) is 10.8 Å². The minimum Gasteiger partial charge on any atom is -0.465 e. The number of carbonyl (C=O) groups is 2. The van der Waals surface area contributed by atoms with Gasteiger partial charge >= 0.3 is 5.97 Å². The number of hydrogen-bond acceptors (Lipinski definition) is 3. The van der Waals surface area contributed by atoms with E-state index in [-0.39, 0.29) is 16.5 Å². The van der Waals surface area contributed by atoms with Gasteiger partial charge in [0.15, 0.2) is 0 Å². The lowest BCUT2D eigenvalue weighted by molar-refractivity contribution is 0.0600. The molecule has 3 aromatic carbocycles. The Bertz CT molecular complexity index is 963. The number of benzene rings is 3. The van der Waals surface area contributed by atoms with Crippen LogP contribution < -0.4 is 5.32 Å². The summed E-state index contributed by atoms with van der Waals surface area (Å²) in [6, 6.07) is 18.9. The van der Waals surface area contributed by atoms with Crippen LogP contribution in [-0.4, -0.2) is 25.5 Å². The van der Waals surface area contributed by atoms with Crippen molar-refractivity contribution in [2.75, 3.05) is 13.7 Å². The number of esters is 1. The Morgan fingerprint density at radius 2 is 1.81 bits per heavy atom. The molecule has 5 heteroatoms. The van der Waals surface area contributed by atoms with Crippen LogP contribution in [0.5, 0.6) is 0 Å². The number of fused-ring (bicyclic) bond motifs is 1. The van der Waals surface area contributed by atoms with E-state index < -0.39 is 5.97 Å². The van der Waals surface area contributed by atoms with E-state index in [0.717, 1.165) is 6.42 Å². The molecule has 0 saturated carbocycles. The monoisotopic (exact) mass is 367 g/mol. The van der Waals surface area contributed by atoms with Gasteiger partial charge < -0.3 is 10.1 Å². The standard InChI is InChI=1S/C21H18ClNO3/c1-26-21(25)18-10-9-16(13-19(18)22)20(24)23-12-11-15-7-4-6-14-5-2-3-8-17(14)15/h2-10,13H,11-12H2,1H3,(H,23,24). The molecular formula is C21H18ClNO3. The van der Waals surface area contributed by atoms with Gasteiger partial charge in [0.05, 0.1) is 17.7 Å². The van der Waals surface area contributed by atoms with Gasteiger partial charge in [0, 0.05) is 12.1 Å². The van der Waals surface area contributed by atoms with Crippen LogP contribution in [0, 0.1) is 0 Å². The molecule has 0 aliphatic carbocycles. The molecule has 0 aliphatic rings. The summed E-state index contributed by atoms with van der Waals surface area (Å²) < 4.78 is 4.64. The molecule has 3 aromatic rings. The van der Waals surface area contributed by atoms with E-state index in [4.69, 9.17) is 11.6 Å². The normalized spacial score (nSPS) is 10.5. The van der Waals surface area contributed by atoms with Gasteiger partial charge in [-0.1, -0.05) is 54.1 Å². The third kappa shape index (κ3) is 3.86. The van der Waals surface area contributed by atoms with Crippen molar-refractivity contribution in [2.45, 2.75) is 6.42 Å². The number of methoxy groups -OCH3 is 1. The number of rotatable bonds is 5. The van der Waals surface area contributed by atoms with E-state index in [1.54, 1.807) is 6.07 Å². The fourth-order valence-corrected chi connectivity index (χ4v) is 3.11. The van der Waals surface area contributed by atoms with Crippen LogP contribution in [-0.2, 0) is 11.2 Å². The Morgan fingerprint density at radius 3 is 2.58 bits per heavy atom. The second-order valence-corrected chi connectivity index (χ2v) is 6.24. The van der Waals surface area contributed by atoms with Gasteiger partial charge in [-0.15, -0.1) is 0 Å². The highest BCUT2D eigenvalue weighted by Gasteiger charge is 2.13. The average Bonchev–Trinajstić information content (AvgIpc) is 2.67. The number of amides is 1. The van der Waals surface area contributed by atoms with Crippen molar-refractivity contribution >= 4 is 34.2 Å². The molecule has 1 amide bonds. The predicted octanol–water partition coefficient (Wildman–Crippen LogP) is 4.25. The highest BCUT2D eigenvalue weighted by molar-refractivity contribution is 6.34. The molecule has 0 aliphatic heterocycles.